The molecule has 7 heteroatoms. The third kappa shape index (κ3) is 6.62. The summed E-state index contributed by atoms with van der Waals surface area (Å²) in [5, 5.41) is 17.2. The SMILES string of the molecule is Cc1sc(C)c(OCCOCCO)c1OCCOCCO. The van der Waals surface area contributed by atoms with Crippen LogP contribution in [0.15, 0.2) is 0 Å². The van der Waals surface area contributed by atoms with E-state index in [1.807, 2.05) is 13.8 Å². The molecule has 0 saturated carbocycles. The van der Waals surface area contributed by atoms with E-state index in [1.165, 1.54) is 0 Å². The largest absolute Gasteiger partial charge is 0.486 e. The molecule has 21 heavy (non-hydrogen) atoms. The number of rotatable bonds is 12. The van der Waals surface area contributed by atoms with Gasteiger partial charge in [0.1, 0.15) is 13.2 Å². The second-order valence-corrected chi connectivity index (χ2v) is 5.67. The van der Waals surface area contributed by atoms with Crippen LogP contribution in [0.25, 0.3) is 0 Å². The van der Waals surface area contributed by atoms with Crippen molar-refractivity contribution in [1.82, 2.24) is 0 Å². The van der Waals surface area contributed by atoms with E-state index in [4.69, 9.17) is 29.2 Å². The van der Waals surface area contributed by atoms with Crippen molar-refractivity contribution >= 4 is 11.3 Å². The van der Waals surface area contributed by atoms with Crippen LogP contribution in [0.5, 0.6) is 11.5 Å². The van der Waals surface area contributed by atoms with Gasteiger partial charge in [-0.25, -0.2) is 0 Å². The Bertz CT molecular complexity index is 359. The molecule has 0 radical (unpaired) electrons. The van der Waals surface area contributed by atoms with Crippen molar-refractivity contribution in [2.45, 2.75) is 13.8 Å². The maximum absolute atomic E-state index is 8.62. The molecule has 0 aliphatic carbocycles. The van der Waals surface area contributed by atoms with Crippen molar-refractivity contribution in [3.63, 3.8) is 0 Å². The summed E-state index contributed by atoms with van der Waals surface area (Å²) in [6.07, 6.45) is 0. The molecule has 1 heterocycles. The van der Waals surface area contributed by atoms with Crippen molar-refractivity contribution in [3.05, 3.63) is 9.75 Å². The predicted octanol–water partition coefficient (Wildman–Crippen LogP) is 1.14. The highest BCUT2D eigenvalue weighted by Gasteiger charge is 2.16. The lowest BCUT2D eigenvalue weighted by atomic mass is 10.4. The zero-order valence-corrected chi connectivity index (χ0v) is 13.4. The number of aliphatic hydroxyl groups is 2. The summed E-state index contributed by atoms with van der Waals surface area (Å²) in [6, 6.07) is 0. The Balaban J connectivity index is 2.42. The van der Waals surface area contributed by atoms with Gasteiger partial charge in [0.2, 0.25) is 0 Å². The maximum Gasteiger partial charge on any atom is 0.175 e. The summed E-state index contributed by atoms with van der Waals surface area (Å²) >= 11 is 1.62. The summed E-state index contributed by atoms with van der Waals surface area (Å²) in [5.41, 5.74) is 0. The Kier molecular flexibility index (Phi) is 9.36. The van der Waals surface area contributed by atoms with Gasteiger partial charge in [-0.1, -0.05) is 0 Å². The number of aryl methyl sites for hydroxylation is 2. The van der Waals surface area contributed by atoms with Gasteiger partial charge in [0.05, 0.1) is 39.6 Å². The van der Waals surface area contributed by atoms with Crippen molar-refractivity contribution in [1.29, 1.82) is 0 Å². The lowest BCUT2D eigenvalue weighted by Crippen LogP contribution is -2.11. The number of aliphatic hydroxyl groups excluding tert-OH is 2. The van der Waals surface area contributed by atoms with Crippen molar-refractivity contribution in [3.8, 4) is 11.5 Å². The first-order chi connectivity index (χ1) is 10.2. The minimum Gasteiger partial charge on any atom is -0.486 e. The average molecular weight is 320 g/mol. The van der Waals surface area contributed by atoms with Crippen LogP contribution < -0.4 is 9.47 Å². The van der Waals surface area contributed by atoms with Gasteiger partial charge >= 0.3 is 0 Å². The van der Waals surface area contributed by atoms with Gasteiger partial charge in [-0.3, -0.25) is 0 Å². The first-order valence-electron chi connectivity index (χ1n) is 6.93. The van der Waals surface area contributed by atoms with Gasteiger partial charge in [-0.2, -0.15) is 0 Å². The van der Waals surface area contributed by atoms with Crippen LogP contribution in [0, 0.1) is 13.8 Å². The molecule has 0 aliphatic heterocycles. The molecule has 0 amide bonds. The van der Waals surface area contributed by atoms with Gasteiger partial charge in [0, 0.05) is 9.75 Å². The van der Waals surface area contributed by atoms with E-state index >= 15 is 0 Å². The molecule has 0 atom stereocenters. The Hall–Kier alpha value is -0.860. The molecule has 0 fully saturated rings. The average Bonchev–Trinajstić information content (AvgIpc) is 2.73. The lowest BCUT2D eigenvalue weighted by molar-refractivity contribution is 0.0645. The van der Waals surface area contributed by atoms with Gasteiger partial charge in [0.25, 0.3) is 0 Å². The second-order valence-electron chi connectivity index (χ2n) is 4.24. The standard InChI is InChI=1S/C14H24O6S/c1-11-13(19-9-7-17-5-3-15)14(12(2)21-11)20-10-8-18-6-4-16/h15-16H,3-10H2,1-2H3. The second kappa shape index (κ2) is 10.8. The minimum atomic E-state index is 0.0127. The molecule has 0 saturated heterocycles. The molecule has 0 aromatic carbocycles. The van der Waals surface area contributed by atoms with Crippen LogP contribution in [-0.4, -0.2) is 63.1 Å². The minimum absolute atomic E-state index is 0.0127. The smallest absolute Gasteiger partial charge is 0.175 e. The van der Waals surface area contributed by atoms with E-state index in [0.29, 0.717) is 39.6 Å². The summed E-state index contributed by atoms with van der Waals surface area (Å²) < 4.78 is 21.7. The van der Waals surface area contributed by atoms with Crippen LogP contribution in [0.1, 0.15) is 9.75 Å². The Morgan fingerprint density at radius 2 is 1.14 bits per heavy atom. The third-order valence-electron chi connectivity index (χ3n) is 2.57. The van der Waals surface area contributed by atoms with Crippen LogP contribution in [-0.2, 0) is 9.47 Å². The zero-order valence-electron chi connectivity index (χ0n) is 12.6. The van der Waals surface area contributed by atoms with Crippen LogP contribution in [0.4, 0.5) is 0 Å². The first-order valence-corrected chi connectivity index (χ1v) is 7.75. The summed E-state index contributed by atoms with van der Waals surface area (Å²) in [7, 11) is 0. The normalized spacial score (nSPS) is 10.9. The number of ether oxygens (including phenoxy) is 4. The molecular weight excluding hydrogens is 296 g/mol. The van der Waals surface area contributed by atoms with E-state index in [1.54, 1.807) is 11.3 Å². The fourth-order valence-corrected chi connectivity index (χ4v) is 2.66. The maximum atomic E-state index is 8.62. The van der Waals surface area contributed by atoms with Gasteiger partial charge in [-0.15, -0.1) is 11.3 Å². The van der Waals surface area contributed by atoms with Crippen molar-refractivity contribution in [2.75, 3.05) is 52.9 Å². The van der Waals surface area contributed by atoms with Crippen molar-refractivity contribution in [2.24, 2.45) is 0 Å². The molecule has 1 aromatic rings. The van der Waals surface area contributed by atoms with Crippen LogP contribution >= 0.6 is 11.3 Å². The zero-order chi connectivity index (χ0) is 15.5. The van der Waals surface area contributed by atoms with Gasteiger partial charge < -0.3 is 29.2 Å². The molecule has 1 aromatic heterocycles. The Morgan fingerprint density at radius 1 is 0.714 bits per heavy atom. The quantitative estimate of drug-likeness (QED) is 0.562. The first kappa shape index (κ1) is 18.2. The predicted molar refractivity (Wildman–Crippen MR) is 80.6 cm³/mol. The Morgan fingerprint density at radius 3 is 1.52 bits per heavy atom. The topological polar surface area (TPSA) is 77.4 Å². The molecule has 0 aliphatic rings. The Labute approximate surface area is 129 Å². The molecule has 0 unspecified atom stereocenters. The highest BCUT2D eigenvalue weighted by atomic mass is 32.1. The molecule has 0 bridgehead atoms. The van der Waals surface area contributed by atoms with Crippen LogP contribution in [0.2, 0.25) is 0 Å². The summed E-state index contributed by atoms with van der Waals surface area (Å²) in [6.45, 7) is 6.29. The molecule has 1 rings (SSSR count). The third-order valence-corrected chi connectivity index (χ3v) is 3.55. The van der Waals surface area contributed by atoms with Gasteiger partial charge in [0.15, 0.2) is 11.5 Å². The van der Waals surface area contributed by atoms with E-state index < -0.39 is 0 Å². The lowest BCUT2D eigenvalue weighted by Gasteiger charge is -2.11. The fourth-order valence-electron chi connectivity index (χ4n) is 1.71. The number of hydrogen-bond donors (Lipinski definition) is 2. The van der Waals surface area contributed by atoms with E-state index in [9.17, 15) is 0 Å². The molecule has 122 valence electrons. The monoisotopic (exact) mass is 320 g/mol. The van der Waals surface area contributed by atoms with E-state index in [0.717, 1.165) is 21.3 Å². The van der Waals surface area contributed by atoms with Crippen LogP contribution in [0.3, 0.4) is 0 Å². The fraction of sp³-hybridized carbons (Fsp3) is 0.714. The van der Waals surface area contributed by atoms with Gasteiger partial charge in [-0.05, 0) is 13.8 Å². The number of thiophene rings is 1. The number of hydrogen-bond acceptors (Lipinski definition) is 7. The molecule has 6 nitrogen and oxygen atoms in total. The molecular formula is C14H24O6S. The highest BCUT2D eigenvalue weighted by Crippen LogP contribution is 2.41. The van der Waals surface area contributed by atoms with E-state index in [2.05, 4.69) is 0 Å². The van der Waals surface area contributed by atoms with E-state index in [-0.39, 0.29) is 13.2 Å². The summed E-state index contributed by atoms with van der Waals surface area (Å²) in [5.74, 6) is 1.49. The summed E-state index contributed by atoms with van der Waals surface area (Å²) in [4.78, 5) is 2.11. The highest BCUT2D eigenvalue weighted by molar-refractivity contribution is 7.12. The van der Waals surface area contributed by atoms with Crippen molar-refractivity contribution < 1.29 is 29.2 Å². The molecule has 2 N–H and O–H groups in total. The molecule has 0 spiro atoms.